The Balaban J connectivity index is 2.88. The average Bonchev–Trinajstić information content (AvgIpc) is 1.90. The maximum absolute atomic E-state index is 12.1. The molecule has 0 aromatic carbocycles. The molecule has 1 N–H and O–H groups in total. The number of rotatable bonds is 1. The van der Waals surface area contributed by atoms with Gasteiger partial charge in [0.25, 0.3) is 0 Å². The monoisotopic (exact) mass is 125 g/mol. The molecular weight excluding hydrogens is 119 g/mol. The fraction of sp³-hybridized carbons (Fsp3) is 0. The fourth-order valence-corrected chi connectivity index (χ4v) is 0.480. The zero-order chi connectivity index (χ0) is 6.69. The van der Waals surface area contributed by atoms with Gasteiger partial charge in [0.05, 0.1) is 11.9 Å². The minimum Gasteiger partial charge on any atom is -0.382 e. The highest BCUT2D eigenvalue weighted by molar-refractivity contribution is 5.39. The van der Waals surface area contributed by atoms with Crippen molar-refractivity contribution in [1.29, 1.82) is 0 Å². The van der Waals surface area contributed by atoms with E-state index in [-0.39, 0.29) is 0 Å². The van der Waals surface area contributed by atoms with Crippen LogP contribution in [-0.2, 0) is 0 Å². The largest absolute Gasteiger partial charge is 0.382 e. The standard InChI is InChI=1S/C6H6FN2/c1-8-5-2-3-6(7)9-4-5/h2-4,8H,1H2. The van der Waals surface area contributed by atoms with E-state index >= 15 is 0 Å². The van der Waals surface area contributed by atoms with Gasteiger partial charge in [-0.3, -0.25) is 0 Å². The summed E-state index contributed by atoms with van der Waals surface area (Å²) in [6.07, 6.45) is 1.38. The Labute approximate surface area is 52.7 Å². The van der Waals surface area contributed by atoms with Crippen LogP contribution in [0.2, 0.25) is 0 Å². The normalized spacial score (nSPS) is 9.11. The highest BCUT2D eigenvalue weighted by Crippen LogP contribution is 2.02. The number of aromatic nitrogens is 1. The lowest BCUT2D eigenvalue weighted by molar-refractivity contribution is 0.584. The van der Waals surface area contributed by atoms with Crippen LogP contribution in [0.3, 0.4) is 0 Å². The molecule has 0 saturated carbocycles. The Kier molecular flexibility index (Phi) is 1.63. The molecular formula is C6H6FN2. The Morgan fingerprint density at radius 3 is 2.78 bits per heavy atom. The second kappa shape index (κ2) is 2.44. The summed E-state index contributed by atoms with van der Waals surface area (Å²) in [7, 11) is 3.37. The van der Waals surface area contributed by atoms with E-state index in [9.17, 15) is 4.39 Å². The van der Waals surface area contributed by atoms with Crippen molar-refractivity contribution in [3.05, 3.63) is 31.3 Å². The molecule has 0 aliphatic heterocycles. The van der Waals surface area contributed by atoms with Crippen LogP contribution >= 0.6 is 0 Å². The molecule has 3 heteroatoms. The van der Waals surface area contributed by atoms with Gasteiger partial charge in [-0.25, -0.2) is 4.98 Å². The van der Waals surface area contributed by atoms with Crippen LogP contribution in [0.5, 0.6) is 0 Å². The zero-order valence-corrected chi connectivity index (χ0v) is 4.76. The molecule has 0 aliphatic carbocycles. The lowest BCUT2D eigenvalue weighted by atomic mass is 10.4. The van der Waals surface area contributed by atoms with E-state index in [0.717, 1.165) is 0 Å². The van der Waals surface area contributed by atoms with Gasteiger partial charge < -0.3 is 5.32 Å². The van der Waals surface area contributed by atoms with Crippen molar-refractivity contribution in [2.24, 2.45) is 0 Å². The van der Waals surface area contributed by atoms with E-state index < -0.39 is 5.95 Å². The third-order valence-corrected chi connectivity index (χ3v) is 0.932. The number of hydrogen-bond acceptors (Lipinski definition) is 2. The van der Waals surface area contributed by atoms with Crippen LogP contribution in [-0.4, -0.2) is 4.98 Å². The van der Waals surface area contributed by atoms with Gasteiger partial charge in [-0.2, -0.15) is 4.39 Å². The summed E-state index contributed by atoms with van der Waals surface area (Å²) in [4.78, 5) is 3.38. The second-order valence-electron chi connectivity index (χ2n) is 1.55. The molecule has 1 radical (unpaired) electrons. The third-order valence-electron chi connectivity index (χ3n) is 0.932. The molecule has 0 spiro atoms. The summed E-state index contributed by atoms with van der Waals surface area (Å²) in [6.45, 7) is 0. The van der Waals surface area contributed by atoms with Crippen molar-refractivity contribution in [3.8, 4) is 0 Å². The average molecular weight is 125 g/mol. The molecule has 0 fully saturated rings. The lowest BCUT2D eigenvalue weighted by Crippen LogP contribution is -1.86. The summed E-state index contributed by atoms with van der Waals surface area (Å²) >= 11 is 0. The Hall–Kier alpha value is -1.12. The molecule has 0 aliphatic rings. The zero-order valence-electron chi connectivity index (χ0n) is 4.76. The van der Waals surface area contributed by atoms with E-state index in [2.05, 4.69) is 17.3 Å². The summed E-state index contributed by atoms with van der Waals surface area (Å²) in [5, 5.41) is 2.58. The predicted octanol–water partition coefficient (Wildman–Crippen LogP) is 1.42. The lowest BCUT2D eigenvalue weighted by Gasteiger charge is -1.94. The maximum Gasteiger partial charge on any atom is 0.212 e. The van der Waals surface area contributed by atoms with Crippen molar-refractivity contribution in [2.75, 3.05) is 5.32 Å². The molecule has 0 bridgehead atoms. The molecule has 0 saturated heterocycles. The molecule has 0 amide bonds. The first kappa shape index (κ1) is 6.01. The second-order valence-corrected chi connectivity index (χ2v) is 1.55. The van der Waals surface area contributed by atoms with E-state index in [4.69, 9.17) is 0 Å². The number of anilines is 1. The fourth-order valence-electron chi connectivity index (χ4n) is 0.480. The van der Waals surface area contributed by atoms with Gasteiger partial charge in [-0.05, 0) is 12.1 Å². The number of nitrogens with one attached hydrogen (secondary N) is 1. The van der Waals surface area contributed by atoms with Crippen LogP contribution in [0.15, 0.2) is 18.3 Å². The SMILES string of the molecule is [CH2]Nc1ccc(F)nc1. The van der Waals surface area contributed by atoms with Crippen LogP contribution in [0.1, 0.15) is 0 Å². The molecule has 2 nitrogen and oxygen atoms in total. The topological polar surface area (TPSA) is 24.9 Å². The third kappa shape index (κ3) is 1.38. The highest BCUT2D eigenvalue weighted by atomic mass is 19.1. The van der Waals surface area contributed by atoms with Crippen molar-refractivity contribution >= 4 is 5.69 Å². The number of halogens is 1. The first-order chi connectivity index (χ1) is 4.33. The quantitative estimate of drug-likeness (QED) is 0.574. The van der Waals surface area contributed by atoms with Crippen LogP contribution < -0.4 is 5.32 Å². The van der Waals surface area contributed by atoms with Gasteiger partial charge in [0.2, 0.25) is 5.95 Å². The van der Waals surface area contributed by atoms with E-state index in [1.54, 1.807) is 6.07 Å². The van der Waals surface area contributed by atoms with E-state index in [1.807, 2.05) is 0 Å². The maximum atomic E-state index is 12.1. The van der Waals surface area contributed by atoms with Crippen LogP contribution in [0.25, 0.3) is 0 Å². The number of hydrogen-bond donors (Lipinski definition) is 1. The Morgan fingerprint density at radius 1 is 1.56 bits per heavy atom. The number of pyridine rings is 1. The van der Waals surface area contributed by atoms with Crippen molar-refractivity contribution in [3.63, 3.8) is 0 Å². The molecule has 1 rings (SSSR count). The van der Waals surface area contributed by atoms with Crippen LogP contribution in [0, 0.1) is 13.0 Å². The van der Waals surface area contributed by atoms with E-state index in [0.29, 0.717) is 5.69 Å². The van der Waals surface area contributed by atoms with Gasteiger partial charge in [-0.15, -0.1) is 0 Å². The summed E-state index contributed by atoms with van der Waals surface area (Å²) in [5.74, 6) is -0.478. The molecule has 47 valence electrons. The van der Waals surface area contributed by atoms with Crippen molar-refractivity contribution in [1.82, 2.24) is 4.98 Å². The first-order valence-electron chi connectivity index (χ1n) is 2.47. The van der Waals surface area contributed by atoms with Crippen LogP contribution in [0.4, 0.5) is 10.1 Å². The van der Waals surface area contributed by atoms with Gasteiger partial charge in [0.1, 0.15) is 0 Å². The van der Waals surface area contributed by atoms with Crippen molar-refractivity contribution in [2.45, 2.75) is 0 Å². The molecule has 9 heavy (non-hydrogen) atoms. The first-order valence-corrected chi connectivity index (χ1v) is 2.47. The Morgan fingerprint density at radius 2 is 2.33 bits per heavy atom. The van der Waals surface area contributed by atoms with Gasteiger partial charge in [0.15, 0.2) is 0 Å². The van der Waals surface area contributed by atoms with Gasteiger partial charge >= 0.3 is 0 Å². The Bertz CT molecular complexity index is 183. The summed E-state index contributed by atoms with van der Waals surface area (Å²) in [6, 6.07) is 2.84. The minimum atomic E-state index is -0.478. The van der Waals surface area contributed by atoms with Gasteiger partial charge in [-0.1, -0.05) is 0 Å². The molecule has 0 unspecified atom stereocenters. The predicted molar refractivity (Wildman–Crippen MR) is 33.2 cm³/mol. The number of nitrogens with zero attached hydrogens (tertiary/aromatic N) is 1. The van der Waals surface area contributed by atoms with Crippen molar-refractivity contribution < 1.29 is 4.39 Å². The summed E-state index contributed by atoms with van der Waals surface area (Å²) < 4.78 is 12.1. The highest BCUT2D eigenvalue weighted by Gasteiger charge is 1.88. The smallest absolute Gasteiger partial charge is 0.212 e. The summed E-state index contributed by atoms with van der Waals surface area (Å²) in [5.41, 5.74) is 0.705. The molecule has 1 aromatic rings. The molecule has 0 atom stereocenters. The molecule has 1 aromatic heterocycles. The minimum absolute atomic E-state index is 0.478. The molecule has 1 heterocycles. The van der Waals surface area contributed by atoms with Gasteiger partial charge in [0, 0.05) is 7.05 Å². The van der Waals surface area contributed by atoms with E-state index in [1.165, 1.54) is 12.3 Å².